The third-order valence-corrected chi connectivity index (χ3v) is 3.79. The molecule has 2 saturated carbocycles. The largest absolute Gasteiger partial charge is 0.550 e. The van der Waals surface area contributed by atoms with Crippen LogP contribution in [0, 0.1) is 11.3 Å². The molecule has 2 nitrogen and oxygen atoms in total. The lowest BCUT2D eigenvalue weighted by Crippen LogP contribution is -2.39. The maximum atomic E-state index is 10.6. The van der Waals surface area contributed by atoms with Crippen molar-refractivity contribution < 1.29 is 9.90 Å². The average Bonchev–Trinajstić information content (AvgIpc) is 2.02. The highest BCUT2D eigenvalue weighted by atomic mass is 16.4. The van der Waals surface area contributed by atoms with Crippen molar-refractivity contribution in [1.29, 1.82) is 0 Å². The summed E-state index contributed by atoms with van der Waals surface area (Å²) in [4.78, 5) is 10.6. The predicted octanol–water partition coefficient (Wildman–Crippen LogP) is 1.10. The van der Waals surface area contributed by atoms with Gasteiger partial charge in [0.25, 0.3) is 0 Å². The molecule has 0 bridgehead atoms. The number of hydrogen-bond acceptors (Lipinski definition) is 2. The second-order valence-electron chi connectivity index (χ2n) is 4.45. The number of carboxylic acids is 1. The predicted molar refractivity (Wildman–Crippen MR) is 43.2 cm³/mol. The molecule has 0 saturated heterocycles. The molecule has 0 atom stereocenters. The number of rotatable bonds is 1. The normalized spacial score (nSPS) is 28.3. The number of carboxylic acid groups (broad SMARTS) is 1. The standard InChI is InChI=1S/C10H16O2/c11-9(12)8-2-6-10(7-3-8)4-1-5-10/h8H,1-7H2,(H,11,12)/p-1. The van der Waals surface area contributed by atoms with E-state index in [1.54, 1.807) is 0 Å². The van der Waals surface area contributed by atoms with Gasteiger partial charge in [0.05, 0.1) is 0 Å². The Bertz CT molecular complexity index is 184. The van der Waals surface area contributed by atoms with Crippen molar-refractivity contribution in [3.63, 3.8) is 0 Å². The van der Waals surface area contributed by atoms with E-state index in [1.807, 2.05) is 0 Å². The van der Waals surface area contributed by atoms with Gasteiger partial charge in [-0.05, 0) is 49.9 Å². The molecule has 0 aromatic carbocycles. The van der Waals surface area contributed by atoms with Gasteiger partial charge >= 0.3 is 0 Å². The first-order chi connectivity index (χ1) is 5.72. The number of aliphatic carboxylic acids is 1. The zero-order chi connectivity index (χ0) is 8.60. The summed E-state index contributed by atoms with van der Waals surface area (Å²) < 4.78 is 0. The van der Waals surface area contributed by atoms with E-state index in [9.17, 15) is 9.90 Å². The molecule has 0 unspecified atom stereocenters. The average molecular weight is 167 g/mol. The SMILES string of the molecule is O=C([O-])C1CCC2(CCC2)CC1. The van der Waals surface area contributed by atoms with E-state index in [4.69, 9.17) is 0 Å². The smallest absolute Gasteiger partial charge is 0.0445 e. The van der Waals surface area contributed by atoms with Crippen LogP contribution in [-0.2, 0) is 4.79 Å². The second kappa shape index (κ2) is 2.75. The van der Waals surface area contributed by atoms with Crippen LogP contribution in [0.3, 0.4) is 0 Å². The van der Waals surface area contributed by atoms with E-state index in [2.05, 4.69) is 0 Å². The summed E-state index contributed by atoms with van der Waals surface area (Å²) in [5, 5.41) is 10.6. The lowest BCUT2D eigenvalue weighted by atomic mass is 9.59. The fourth-order valence-electron chi connectivity index (χ4n) is 2.64. The zero-order valence-electron chi connectivity index (χ0n) is 7.34. The van der Waals surface area contributed by atoms with Crippen molar-refractivity contribution in [2.45, 2.75) is 44.9 Å². The van der Waals surface area contributed by atoms with Gasteiger partial charge in [-0.15, -0.1) is 0 Å². The molecule has 0 aromatic heterocycles. The monoisotopic (exact) mass is 167 g/mol. The Hall–Kier alpha value is -0.530. The van der Waals surface area contributed by atoms with Gasteiger partial charge in [-0.25, -0.2) is 0 Å². The number of carbonyl (C=O) groups excluding carboxylic acids is 1. The molecule has 2 aliphatic rings. The Morgan fingerprint density at radius 3 is 2.08 bits per heavy atom. The van der Waals surface area contributed by atoms with Crippen LogP contribution in [0.2, 0.25) is 0 Å². The van der Waals surface area contributed by atoms with Crippen LogP contribution in [0.25, 0.3) is 0 Å². The van der Waals surface area contributed by atoms with Crippen molar-refractivity contribution in [1.82, 2.24) is 0 Å². The molecule has 0 amide bonds. The third-order valence-electron chi connectivity index (χ3n) is 3.79. The van der Waals surface area contributed by atoms with E-state index in [1.165, 1.54) is 19.3 Å². The van der Waals surface area contributed by atoms with Crippen LogP contribution < -0.4 is 5.11 Å². The van der Waals surface area contributed by atoms with E-state index < -0.39 is 5.97 Å². The molecule has 0 heterocycles. The molecule has 1 spiro atoms. The topological polar surface area (TPSA) is 40.1 Å². The lowest BCUT2D eigenvalue weighted by molar-refractivity contribution is -0.313. The molecule has 0 radical (unpaired) electrons. The van der Waals surface area contributed by atoms with Crippen LogP contribution in [0.4, 0.5) is 0 Å². The molecule has 0 aromatic rings. The van der Waals surface area contributed by atoms with Crippen molar-refractivity contribution in [3.05, 3.63) is 0 Å². The highest BCUT2D eigenvalue weighted by Crippen LogP contribution is 2.52. The first-order valence-corrected chi connectivity index (χ1v) is 4.93. The highest BCUT2D eigenvalue weighted by molar-refractivity contribution is 5.67. The Balaban J connectivity index is 1.88. The van der Waals surface area contributed by atoms with Gasteiger partial charge in [0.1, 0.15) is 0 Å². The van der Waals surface area contributed by atoms with E-state index in [0.717, 1.165) is 25.7 Å². The second-order valence-corrected chi connectivity index (χ2v) is 4.45. The van der Waals surface area contributed by atoms with Crippen molar-refractivity contribution in [3.8, 4) is 0 Å². The van der Waals surface area contributed by atoms with Gasteiger partial charge in [0.15, 0.2) is 0 Å². The van der Waals surface area contributed by atoms with Crippen LogP contribution >= 0.6 is 0 Å². The number of hydrogen-bond donors (Lipinski definition) is 0. The van der Waals surface area contributed by atoms with E-state index >= 15 is 0 Å². The highest BCUT2D eigenvalue weighted by Gasteiger charge is 2.39. The molecule has 0 N–H and O–H groups in total. The quantitative estimate of drug-likeness (QED) is 0.586. The minimum absolute atomic E-state index is 0.142. The molecular weight excluding hydrogens is 152 g/mol. The van der Waals surface area contributed by atoms with Gasteiger partial charge in [-0.1, -0.05) is 6.42 Å². The van der Waals surface area contributed by atoms with E-state index in [0.29, 0.717) is 5.41 Å². The molecular formula is C10H15O2-. The number of carbonyl (C=O) groups is 1. The molecule has 2 fully saturated rings. The molecule has 2 rings (SSSR count). The minimum Gasteiger partial charge on any atom is -0.550 e. The Labute approximate surface area is 73.0 Å². The van der Waals surface area contributed by atoms with Gasteiger partial charge in [0, 0.05) is 5.97 Å². The molecule has 2 aliphatic carbocycles. The fraction of sp³-hybridized carbons (Fsp3) is 0.900. The van der Waals surface area contributed by atoms with Gasteiger partial charge < -0.3 is 9.90 Å². The Morgan fingerprint density at radius 1 is 1.17 bits per heavy atom. The molecule has 12 heavy (non-hydrogen) atoms. The maximum Gasteiger partial charge on any atom is 0.0445 e. The summed E-state index contributed by atoms with van der Waals surface area (Å²) in [6.45, 7) is 0. The molecule has 0 aliphatic heterocycles. The van der Waals surface area contributed by atoms with Crippen molar-refractivity contribution >= 4 is 5.97 Å². The minimum atomic E-state index is -0.829. The van der Waals surface area contributed by atoms with Gasteiger partial charge in [-0.3, -0.25) is 0 Å². The van der Waals surface area contributed by atoms with Crippen LogP contribution in [-0.4, -0.2) is 5.97 Å². The Kier molecular flexibility index (Phi) is 1.85. The summed E-state index contributed by atoms with van der Waals surface area (Å²) >= 11 is 0. The molecule has 2 heteroatoms. The maximum absolute atomic E-state index is 10.6. The first kappa shape index (κ1) is 8.09. The lowest BCUT2D eigenvalue weighted by Gasteiger charge is -2.47. The third kappa shape index (κ3) is 1.23. The zero-order valence-corrected chi connectivity index (χ0v) is 7.34. The first-order valence-electron chi connectivity index (χ1n) is 4.93. The van der Waals surface area contributed by atoms with Crippen molar-refractivity contribution in [2.75, 3.05) is 0 Å². The van der Waals surface area contributed by atoms with E-state index in [-0.39, 0.29) is 5.92 Å². The van der Waals surface area contributed by atoms with Gasteiger partial charge in [-0.2, -0.15) is 0 Å². The van der Waals surface area contributed by atoms with Crippen LogP contribution in [0.1, 0.15) is 44.9 Å². The summed E-state index contributed by atoms with van der Waals surface area (Å²) in [5.74, 6) is -0.972. The fourth-order valence-corrected chi connectivity index (χ4v) is 2.64. The summed E-state index contributed by atoms with van der Waals surface area (Å²) in [6, 6.07) is 0. The molecule has 68 valence electrons. The van der Waals surface area contributed by atoms with Gasteiger partial charge in [0.2, 0.25) is 0 Å². The Morgan fingerprint density at radius 2 is 1.75 bits per heavy atom. The summed E-state index contributed by atoms with van der Waals surface area (Å²) in [5.41, 5.74) is 0.575. The van der Waals surface area contributed by atoms with Crippen molar-refractivity contribution in [2.24, 2.45) is 11.3 Å². The summed E-state index contributed by atoms with van der Waals surface area (Å²) in [7, 11) is 0. The van der Waals surface area contributed by atoms with Crippen LogP contribution in [0.5, 0.6) is 0 Å². The van der Waals surface area contributed by atoms with Crippen LogP contribution in [0.15, 0.2) is 0 Å². The summed E-state index contributed by atoms with van der Waals surface area (Å²) in [6.07, 6.45) is 8.03.